The number of allylic oxidation sites excluding steroid dienone is 2. The minimum atomic E-state index is -0.648. The summed E-state index contributed by atoms with van der Waals surface area (Å²) in [4.78, 5) is 0. The Kier molecular flexibility index (Phi) is 4.51. The standard InChI is InChI=1S/C6H10F2/c1-2-3-6(4-7)5-8/h3H,2,4-5H2,1H3. The van der Waals surface area contributed by atoms with Crippen molar-refractivity contribution in [2.24, 2.45) is 0 Å². The maximum atomic E-state index is 11.5. The molecule has 0 heterocycles. The maximum absolute atomic E-state index is 11.5. The minimum absolute atomic E-state index is 0.257. The van der Waals surface area contributed by atoms with Crippen molar-refractivity contribution in [2.75, 3.05) is 13.3 Å². The molecule has 0 aromatic rings. The van der Waals surface area contributed by atoms with Gasteiger partial charge in [0.15, 0.2) is 0 Å². The van der Waals surface area contributed by atoms with Crippen molar-refractivity contribution >= 4 is 0 Å². The number of alkyl halides is 2. The van der Waals surface area contributed by atoms with E-state index in [1.165, 1.54) is 0 Å². The minimum Gasteiger partial charge on any atom is -0.246 e. The first-order chi connectivity index (χ1) is 3.85. The third kappa shape index (κ3) is 2.72. The molecule has 0 aliphatic rings. The lowest BCUT2D eigenvalue weighted by molar-refractivity contribution is 0.473. The molecule has 0 fully saturated rings. The quantitative estimate of drug-likeness (QED) is 0.501. The van der Waals surface area contributed by atoms with Gasteiger partial charge in [0.05, 0.1) is 0 Å². The van der Waals surface area contributed by atoms with E-state index in [-0.39, 0.29) is 5.57 Å². The molecule has 0 nitrogen and oxygen atoms in total. The van der Waals surface area contributed by atoms with Gasteiger partial charge in [-0.2, -0.15) is 0 Å². The second-order valence-electron chi connectivity index (χ2n) is 1.54. The predicted octanol–water partition coefficient (Wildman–Crippen LogP) is 2.26. The Hall–Kier alpha value is -0.400. The van der Waals surface area contributed by atoms with Crippen LogP contribution < -0.4 is 0 Å². The summed E-state index contributed by atoms with van der Waals surface area (Å²) in [7, 11) is 0. The fourth-order valence-corrected chi connectivity index (χ4v) is 0.433. The molecule has 8 heavy (non-hydrogen) atoms. The van der Waals surface area contributed by atoms with Crippen LogP contribution in [-0.2, 0) is 0 Å². The van der Waals surface area contributed by atoms with Gasteiger partial charge >= 0.3 is 0 Å². The van der Waals surface area contributed by atoms with E-state index in [0.29, 0.717) is 6.42 Å². The second kappa shape index (κ2) is 4.75. The van der Waals surface area contributed by atoms with Crippen LogP contribution in [0.4, 0.5) is 8.78 Å². The van der Waals surface area contributed by atoms with Crippen LogP contribution in [0.25, 0.3) is 0 Å². The van der Waals surface area contributed by atoms with Gasteiger partial charge in [-0.05, 0) is 12.0 Å². The molecule has 0 atom stereocenters. The molecular formula is C6H10F2. The highest BCUT2D eigenvalue weighted by Crippen LogP contribution is 1.97. The van der Waals surface area contributed by atoms with Gasteiger partial charge in [-0.25, -0.2) is 8.78 Å². The maximum Gasteiger partial charge on any atom is 0.113 e. The third-order valence-electron chi connectivity index (χ3n) is 0.836. The van der Waals surface area contributed by atoms with Crippen LogP contribution >= 0.6 is 0 Å². The molecule has 48 valence electrons. The van der Waals surface area contributed by atoms with E-state index in [4.69, 9.17) is 0 Å². The van der Waals surface area contributed by atoms with E-state index >= 15 is 0 Å². The Morgan fingerprint density at radius 1 is 1.38 bits per heavy atom. The van der Waals surface area contributed by atoms with Crippen molar-refractivity contribution in [3.63, 3.8) is 0 Å². The highest BCUT2D eigenvalue weighted by molar-refractivity contribution is 5.01. The summed E-state index contributed by atoms with van der Waals surface area (Å²) in [6.45, 7) is 0.556. The molecule has 0 amide bonds. The number of halogens is 2. The van der Waals surface area contributed by atoms with Gasteiger partial charge < -0.3 is 0 Å². The van der Waals surface area contributed by atoms with Crippen LogP contribution in [0.1, 0.15) is 13.3 Å². The highest BCUT2D eigenvalue weighted by atomic mass is 19.1. The predicted molar refractivity (Wildman–Crippen MR) is 30.3 cm³/mol. The normalized spacial score (nSPS) is 8.88. The Morgan fingerprint density at radius 2 is 1.88 bits per heavy atom. The summed E-state index contributed by atoms with van der Waals surface area (Å²) < 4.78 is 23.1. The van der Waals surface area contributed by atoms with Gasteiger partial charge in [0.25, 0.3) is 0 Å². The average Bonchev–Trinajstić information content (AvgIpc) is 1.83. The molecule has 0 aliphatic heterocycles. The van der Waals surface area contributed by atoms with Crippen molar-refractivity contribution in [2.45, 2.75) is 13.3 Å². The summed E-state index contributed by atoms with van der Waals surface area (Å²) in [5, 5.41) is 0. The smallest absolute Gasteiger partial charge is 0.113 e. The number of hydrogen-bond donors (Lipinski definition) is 0. The lowest BCUT2D eigenvalue weighted by Gasteiger charge is -1.90. The van der Waals surface area contributed by atoms with Crippen LogP contribution in [0, 0.1) is 0 Å². The van der Waals surface area contributed by atoms with Crippen molar-refractivity contribution in [3.05, 3.63) is 11.6 Å². The molecule has 2 heteroatoms. The Bertz CT molecular complexity index is 70.6. The average molecular weight is 120 g/mol. The van der Waals surface area contributed by atoms with E-state index < -0.39 is 13.3 Å². The van der Waals surface area contributed by atoms with Crippen molar-refractivity contribution < 1.29 is 8.78 Å². The molecule has 0 saturated carbocycles. The van der Waals surface area contributed by atoms with E-state index in [2.05, 4.69) is 0 Å². The van der Waals surface area contributed by atoms with Gasteiger partial charge in [-0.15, -0.1) is 0 Å². The van der Waals surface area contributed by atoms with Gasteiger partial charge in [-0.3, -0.25) is 0 Å². The number of rotatable bonds is 3. The van der Waals surface area contributed by atoms with Crippen LogP contribution in [0.3, 0.4) is 0 Å². The molecule has 0 aromatic carbocycles. The van der Waals surface area contributed by atoms with Crippen molar-refractivity contribution in [1.82, 2.24) is 0 Å². The highest BCUT2D eigenvalue weighted by Gasteiger charge is 1.90. The van der Waals surface area contributed by atoms with Crippen molar-refractivity contribution in [3.8, 4) is 0 Å². The molecule has 0 unspecified atom stereocenters. The Labute approximate surface area is 48.2 Å². The molecule has 0 saturated heterocycles. The zero-order valence-corrected chi connectivity index (χ0v) is 4.95. The van der Waals surface area contributed by atoms with Crippen LogP contribution in [0.15, 0.2) is 11.6 Å². The second-order valence-corrected chi connectivity index (χ2v) is 1.54. The Morgan fingerprint density at radius 3 is 2.00 bits per heavy atom. The zero-order chi connectivity index (χ0) is 6.41. The van der Waals surface area contributed by atoms with E-state index in [0.717, 1.165) is 0 Å². The first-order valence-corrected chi connectivity index (χ1v) is 2.65. The van der Waals surface area contributed by atoms with Gasteiger partial charge in [0, 0.05) is 0 Å². The lowest BCUT2D eigenvalue weighted by atomic mass is 10.3. The van der Waals surface area contributed by atoms with E-state index in [9.17, 15) is 8.78 Å². The molecule has 0 spiro atoms. The number of hydrogen-bond acceptors (Lipinski definition) is 0. The summed E-state index contributed by atoms with van der Waals surface area (Å²) in [5.74, 6) is 0. The molecule has 0 bridgehead atoms. The van der Waals surface area contributed by atoms with Gasteiger partial charge in [-0.1, -0.05) is 13.0 Å². The third-order valence-corrected chi connectivity index (χ3v) is 0.836. The topological polar surface area (TPSA) is 0 Å². The fraction of sp³-hybridized carbons (Fsp3) is 0.667. The summed E-state index contributed by atoms with van der Waals surface area (Å²) in [6, 6.07) is 0. The molecule has 0 rings (SSSR count). The lowest BCUT2D eigenvalue weighted by Crippen LogP contribution is -1.86. The van der Waals surface area contributed by atoms with Gasteiger partial charge in [0.1, 0.15) is 13.3 Å². The van der Waals surface area contributed by atoms with Crippen LogP contribution in [0.2, 0.25) is 0 Å². The summed E-state index contributed by atoms with van der Waals surface area (Å²) >= 11 is 0. The zero-order valence-electron chi connectivity index (χ0n) is 4.95. The molecular weight excluding hydrogens is 110 g/mol. The van der Waals surface area contributed by atoms with Crippen LogP contribution in [-0.4, -0.2) is 13.3 Å². The first kappa shape index (κ1) is 7.60. The monoisotopic (exact) mass is 120 g/mol. The molecule has 0 N–H and O–H groups in total. The Balaban J connectivity index is 3.49. The summed E-state index contributed by atoms with van der Waals surface area (Å²) in [5.41, 5.74) is 0.257. The first-order valence-electron chi connectivity index (χ1n) is 2.65. The van der Waals surface area contributed by atoms with Crippen LogP contribution in [0.5, 0.6) is 0 Å². The van der Waals surface area contributed by atoms with Gasteiger partial charge in [0.2, 0.25) is 0 Å². The largest absolute Gasteiger partial charge is 0.246 e. The summed E-state index contributed by atoms with van der Waals surface area (Å²) in [6.07, 6.45) is 2.28. The van der Waals surface area contributed by atoms with Crippen molar-refractivity contribution in [1.29, 1.82) is 0 Å². The fourth-order valence-electron chi connectivity index (χ4n) is 0.433. The van der Waals surface area contributed by atoms with E-state index in [1.54, 1.807) is 6.08 Å². The molecule has 0 aliphatic carbocycles. The van der Waals surface area contributed by atoms with E-state index in [1.807, 2.05) is 6.92 Å². The SMILES string of the molecule is CCC=C(CF)CF. The molecule has 0 aromatic heterocycles. The molecule has 0 radical (unpaired) electrons.